The summed E-state index contributed by atoms with van der Waals surface area (Å²) in [6, 6.07) is 7.18. The van der Waals surface area contributed by atoms with E-state index in [2.05, 4.69) is 21.5 Å². The third-order valence-electron chi connectivity index (χ3n) is 4.72. The summed E-state index contributed by atoms with van der Waals surface area (Å²) in [4.78, 5) is 3.17. The number of nitrogens with zero attached hydrogens (tertiary/aromatic N) is 3. The highest BCUT2D eigenvalue weighted by molar-refractivity contribution is 5.78. The lowest BCUT2D eigenvalue weighted by atomic mass is 10.1. The second-order valence-corrected chi connectivity index (χ2v) is 6.25. The molecule has 1 saturated carbocycles. The predicted molar refractivity (Wildman–Crippen MR) is 92.1 cm³/mol. The molecule has 1 aliphatic rings. The zero-order chi connectivity index (χ0) is 17.4. The van der Waals surface area contributed by atoms with Gasteiger partial charge in [-0.2, -0.15) is 14.9 Å². The van der Waals surface area contributed by atoms with Crippen molar-refractivity contribution in [1.29, 1.82) is 5.26 Å². The summed E-state index contributed by atoms with van der Waals surface area (Å²) >= 11 is 0. The van der Waals surface area contributed by atoms with Crippen LogP contribution < -0.4 is 10.1 Å². The summed E-state index contributed by atoms with van der Waals surface area (Å²) < 4.78 is 21.3. The molecule has 1 fully saturated rings. The smallest absolute Gasteiger partial charge is 0.154 e. The van der Waals surface area contributed by atoms with E-state index in [0.717, 1.165) is 12.8 Å². The SMILES string of the molecule is COc1ccc(-c2[nH]c3c(C#N)cnn3c2NC2CCCC2)c(F)c1. The summed E-state index contributed by atoms with van der Waals surface area (Å²) in [5.41, 5.74) is 1.99. The second kappa shape index (κ2) is 6.13. The van der Waals surface area contributed by atoms with Gasteiger partial charge in [-0.3, -0.25) is 0 Å². The van der Waals surface area contributed by atoms with Gasteiger partial charge in [-0.05, 0) is 25.0 Å². The third kappa shape index (κ3) is 2.60. The average Bonchev–Trinajstić information content (AvgIpc) is 3.33. The largest absolute Gasteiger partial charge is 0.497 e. The average molecular weight is 339 g/mol. The number of aromatic nitrogens is 3. The maximum absolute atomic E-state index is 14.6. The molecule has 4 rings (SSSR count). The maximum atomic E-state index is 14.6. The van der Waals surface area contributed by atoms with Gasteiger partial charge >= 0.3 is 0 Å². The Labute approximate surface area is 144 Å². The second-order valence-electron chi connectivity index (χ2n) is 6.25. The first-order valence-corrected chi connectivity index (χ1v) is 8.31. The van der Waals surface area contributed by atoms with Gasteiger partial charge in [0, 0.05) is 17.7 Å². The van der Waals surface area contributed by atoms with Gasteiger partial charge < -0.3 is 15.0 Å². The number of methoxy groups -OCH3 is 1. The number of aromatic amines is 1. The van der Waals surface area contributed by atoms with Crippen LogP contribution in [-0.2, 0) is 0 Å². The fraction of sp³-hybridized carbons (Fsp3) is 0.333. The fourth-order valence-corrected chi connectivity index (χ4v) is 3.42. The summed E-state index contributed by atoms with van der Waals surface area (Å²) in [7, 11) is 1.50. The molecule has 0 atom stereocenters. The normalized spacial score (nSPS) is 14.8. The lowest BCUT2D eigenvalue weighted by Crippen LogP contribution is -2.16. The number of ether oxygens (including phenoxy) is 1. The first-order chi connectivity index (χ1) is 12.2. The monoisotopic (exact) mass is 339 g/mol. The van der Waals surface area contributed by atoms with E-state index in [4.69, 9.17) is 4.74 Å². The molecule has 0 radical (unpaired) electrons. The Balaban J connectivity index is 1.86. The summed E-state index contributed by atoms with van der Waals surface area (Å²) in [6.45, 7) is 0. The molecular weight excluding hydrogens is 321 g/mol. The zero-order valence-electron chi connectivity index (χ0n) is 13.8. The van der Waals surface area contributed by atoms with Crippen molar-refractivity contribution in [3.8, 4) is 23.1 Å². The first-order valence-electron chi connectivity index (χ1n) is 8.31. The van der Waals surface area contributed by atoms with Crippen LogP contribution in [0, 0.1) is 17.1 Å². The van der Waals surface area contributed by atoms with Crippen molar-refractivity contribution in [2.75, 3.05) is 12.4 Å². The quantitative estimate of drug-likeness (QED) is 0.760. The summed E-state index contributed by atoms with van der Waals surface area (Å²) in [6.07, 6.45) is 6.02. The van der Waals surface area contributed by atoms with E-state index in [0.29, 0.717) is 40.1 Å². The standard InChI is InChI=1S/C18H18FN5O/c1-25-13-6-7-14(15(19)8-13)16-18(22-12-4-2-3-5-12)24-17(23-16)11(9-20)10-21-24/h6-8,10,12,22-23H,2-5H2,1H3. The highest BCUT2D eigenvalue weighted by Crippen LogP contribution is 2.34. The molecule has 2 N–H and O–H groups in total. The van der Waals surface area contributed by atoms with E-state index >= 15 is 0 Å². The molecule has 2 aromatic heterocycles. The van der Waals surface area contributed by atoms with E-state index in [1.807, 2.05) is 0 Å². The summed E-state index contributed by atoms with van der Waals surface area (Å²) in [5.74, 6) is 0.755. The number of nitriles is 1. The summed E-state index contributed by atoms with van der Waals surface area (Å²) in [5, 5.41) is 17.0. The molecule has 0 bridgehead atoms. The Kier molecular flexibility index (Phi) is 3.80. The molecule has 25 heavy (non-hydrogen) atoms. The van der Waals surface area contributed by atoms with Crippen molar-refractivity contribution in [3.63, 3.8) is 0 Å². The predicted octanol–water partition coefficient (Wildman–Crippen LogP) is 3.70. The van der Waals surface area contributed by atoms with E-state index in [9.17, 15) is 9.65 Å². The van der Waals surface area contributed by atoms with Gasteiger partial charge in [0.15, 0.2) is 11.5 Å². The van der Waals surface area contributed by atoms with E-state index < -0.39 is 5.82 Å². The number of benzene rings is 1. The van der Waals surface area contributed by atoms with E-state index in [1.54, 1.807) is 16.6 Å². The lowest BCUT2D eigenvalue weighted by molar-refractivity contribution is 0.411. The van der Waals surface area contributed by atoms with Gasteiger partial charge in [0.25, 0.3) is 0 Å². The van der Waals surface area contributed by atoms with Crippen LogP contribution in [0.15, 0.2) is 24.4 Å². The maximum Gasteiger partial charge on any atom is 0.154 e. The number of hydrogen-bond acceptors (Lipinski definition) is 4. The van der Waals surface area contributed by atoms with Crippen LogP contribution in [0.5, 0.6) is 5.75 Å². The molecule has 0 unspecified atom stereocenters. The van der Waals surface area contributed by atoms with Crippen molar-refractivity contribution in [3.05, 3.63) is 35.8 Å². The number of hydrogen-bond donors (Lipinski definition) is 2. The van der Waals surface area contributed by atoms with Crippen molar-refractivity contribution >= 4 is 11.5 Å². The van der Waals surface area contributed by atoms with Gasteiger partial charge in [0.05, 0.1) is 19.0 Å². The number of nitrogens with one attached hydrogen (secondary N) is 2. The van der Waals surface area contributed by atoms with E-state index in [1.165, 1.54) is 32.2 Å². The topological polar surface area (TPSA) is 78.1 Å². The van der Waals surface area contributed by atoms with Gasteiger partial charge in [0.1, 0.15) is 23.2 Å². The Morgan fingerprint density at radius 1 is 1.40 bits per heavy atom. The molecule has 0 spiro atoms. The van der Waals surface area contributed by atoms with Crippen LogP contribution in [0.25, 0.3) is 16.9 Å². The number of anilines is 1. The lowest BCUT2D eigenvalue weighted by Gasteiger charge is -2.14. The highest BCUT2D eigenvalue weighted by atomic mass is 19.1. The minimum atomic E-state index is -0.392. The molecule has 0 saturated heterocycles. The Morgan fingerprint density at radius 3 is 2.88 bits per heavy atom. The number of H-pyrrole nitrogens is 1. The number of imidazole rings is 1. The minimum Gasteiger partial charge on any atom is -0.497 e. The van der Waals surface area contributed by atoms with Crippen LogP contribution in [0.4, 0.5) is 10.2 Å². The molecular formula is C18H18FN5O. The fourth-order valence-electron chi connectivity index (χ4n) is 3.42. The van der Waals surface area contributed by atoms with Crippen molar-refractivity contribution in [2.45, 2.75) is 31.7 Å². The van der Waals surface area contributed by atoms with Crippen molar-refractivity contribution in [2.24, 2.45) is 0 Å². The van der Waals surface area contributed by atoms with Crippen LogP contribution in [0.2, 0.25) is 0 Å². The third-order valence-corrected chi connectivity index (χ3v) is 4.72. The van der Waals surface area contributed by atoms with Crippen LogP contribution >= 0.6 is 0 Å². The van der Waals surface area contributed by atoms with Crippen LogP contribution in [-0.4, -0.2) is 27.7 Å². The Bertz CT molecular complexity index is 962. The molecule has 6 nitrogen and oxygen atoms in total. The molecule has 0 amide bonds. The molecule has 2 heterocycles. The van der Waals surface area contributed by atoms with Crippen LogP contribution in [0.1, 0.15) is 31.2 Å². The Hall–Kier alpha value is -3.01. The molecule has 7 heteroatoms. The van der Waals surface area contributed by atoms with Crippen molar-refractivity contribution < 1.29 is 9.13 Å². The molecule has 1 aromatic carbocycles. The number of halogens is 1. The highest BCUT2D eigenvalue weighted by Gasteiger charge is 2.23. The van der Waals surface area contributed by atoms with Gasteiger partial charge in [0.2, 0.25) is 0 Å². The van der Waals surface area contributed by atoms with Crippen LogP contribution in [0.3, 0.4) is 0 Å². The minimum absolute atomic E-state index is 0.328. The number of fused-ring (bicyclic) bond motifs is 1. The Morgan fingerprint density at radius 2 is 2.20 bits per heavy atom. The van der Waals surface area contributed by atoms with E-state index in [-0.39, 0.29) is 0 Å². The first kappa shape index (κ1) is 15.5. The number of rotatable bonds is 4. The van der Waals surface area contributed by atoms with Gasteiger partial charge in [-0.25, -0.2) is 4.39 Å². The molecule has 128 valence electrons. The molecule has 3 aromatic rings. The molecule has 1 aliphatic carbocycles. The van der Waals surface area contributed by atoms with Gasteiger partial charge in [-0.1, -0.05) is 12.8 Å². The van der Waals surface area contributed by atoms with Gasteiger partial charge in [-0.15, -0.1) is 0 Å². The molecule has 0 aliphatic heterocycles. The van der Waals surface area contributed by atoms with Crippen molar-refractivity contribution in [1.82, 2.24) is 14.6 Å². The zero-order valence-corrected chi connectivity index (χ0v) is 13.8.